The molecule has 0 saturated carbocycles. The molecule has 2 N–H and O–H groups in total. The molecule has 4 heteroatoms. The minimum absolute atomic E-state index is 0.785. The normalized spacial score (nSPS) is 10.3. The fourth-order valence-corrected chi connectivity index (χ4v) is 1.76. The molecule has 2 aromatic rings. The average molecular weight is 242 g/mol. The molecule has 0 aliphatic carbocycles. The molecule has 0 radical (unpaired) electrons. The Morgan fingerprint density at radius 3 is 2.61 bits per heavy atom. The maximum Gasteiger partial charge on any atom is 0.130 e. The molecule has 0 amide bonds. The summed E-state index contributed by atoms with van der Waals surface area (Å²) in [5, 5.41) is 0. The Kier molecular flexibility index (Phi) is 3.77. The predicted octanol–water partition coefficient (Wildman–Crippen LogP) is 2.39. The summed E-state index contributed by atoms with van der Waals surface area (Å²) in [6, 6.07) is 5.96. The van der Waals surface area contributed by atoms with Crippen molar-refractivity contribution in [1.29, 1.82) is 0 Å². The minimum atomic E-state index is 0.785. The third-order valence-electron chi connectivity index (χ3n) is 2.96. The van der Waals surface area contributed by atoms with Crippen molar-refractivity contribution in [1.82, 2.24) is 9.97 Å². The summed E-state index contributed by atoms with van der Waals surface area (Å²) >= 11 is 0. The van der Waals surface area contributed by atoms with E-state index in [0.717, 1.165) is 30.2 Å². The number of pyridine rings is 2. The Balaban J connectivity index is 2.20. The van der Waals surface area contributed by atoms with Gasteiger partial charge in [0.25, 0.3) is 0 Å². The summed E-state index contributed by atoms with van der Waals surface area (Å²) < 4.78 is 0. The molecule has 18 heavy (non-hydrogen) atoms. The second-order valence-corrected chi connectivity index (χ2v) is 4.27. The quantitative estimate of drug-likeness (QED) is 0.894. The van der Waals surface area contributed by atoms with Crippen LogP contribution in [0, 0.1) is 6.92 Å². The number of rotatable bonds is 4. The van der Waals surface area contributed by atoms with E-state index in [-0.39, 0.29) is 0 Å². The van der Waals surface area contributed by atoms with E-state index in [1.807, 2.05) is 31.3 Å². The molecular formula is C14H18N4. The number of nitrogens with zero attached hydrogens (tertiary/aromatic N) is 3. The summed E-state index contributed by atoms with van der Waals surface area (Å²) in [5.74, 6) is 0.914. The third kappa shape index (κ3) is 2.77. The summed E-state index contributed by atoms with van der Waals surface area (Å²) in [7, 11) is 0. The van der Waals surface area contributed by atoms with Crippen LogP contribution in [0.3, 0.4) is 0 Å². The van der Waals surface area contributed by atoms with Crippen LogP contribution in [0.25, 0.3) is 0 Å². The second kappa shape index (κ2) is 5.49. The highest BCUT2D eigenvalue weighted by Crippen LogP contribution is 2.19. The van der Waals surface area contributed by atoms with E-state index >= 15 is 0 Å². The molecular weight excluding hydrogens is 224 g/mol. The smallest absolute Gasteiger partial charge is 0.130 e. The summed E-state index contributed by atoms with van der Waals surface area (Å²) in [6.07, 6.45) is 5.43. The van der Waals surface area contributed by atoms with Crippen LogP contribution in [-0.4, -0.2) is 16.5 Å². The summed E-state index contributed by atoms with van der Waals surface area (Å²) in [5.41, 5.74) is 8.94. The van der Waals surface area contributed by atoms with Crippen molar-refractivity contribution in [2.24, 2.45) is 0 Å². The third-order valence-corrected chi connectivity index (χ3v) is 2.96. The van der Waals surface area contributed by atoms with Crippen molar-refractivity contribution in [3.8, 4) is 0 Å². The molecule has 0 unspecified atom stereocenters. The highest BCUT2D eigenvalue weighted by Gasteiger charge is 2.07. The van der Waals surface area contributed by atoms with Crippen LogP contribution in [0.1, 0.15) is 18.1 Å². The van der Waals surface area contributed by atoms with E-state index in [1.54, 1.807) is 12.4 Å². The molecule has 2 heterocycles. The fourth-order valence-electron chi connectivity index (χ4n) is 1.76. The van der Waals surface area contributed by atoms with Gasteiger partial charge in [0.15, 0.2) is 0 Å². The number of aromatic nitrogens is 2. The molecule has 94 valence electrons. The molecule has 0 atom stereocenters. The first-order chi connectivity index (χ1) is 8.70. The maximum absolute atomic E-state index is 5.93. The van der Waals surface area contributed by atoms with Crippen LogP contribution in [0.2, 0.25) is 0 Å². The predicted molar refractivity (Wildman–Crippen MR) is 74.3 cm³/mol. The van der Waals surface area contributed by atoms with Gasteiger partial charge in [0.1, 0.15) is 5.82 Å². The van der Waals surface area contributed by atoms with Crippen LogP contribution in [0.15, 0.2) is 36.8 Å². The van der Waals surface area contributed by atoms with Gasteiger partial charge in [0, 0.05) is 43.4 Å². The van der Waals surface area contributed by atoms with E-state index in [4.69, 9.17) is 5.73 Å². The number of hydrogen-bond acceptors (Lipinski definition) is 4. The van der Waals surface area contributed by atoms with Gasteiger partial charge < -0.3 is 10.6 Å². The SMILES string of the molecule is CCN(Cc1ccncc1)c1cc(N)c(C)cn1. The highest BCUT2D eigenvalue weighted by molar-refractivity contribution is 5.54. The van der Waals surface area contributed by atoms with Crippen LogP contribution in [0.4, 0.5) is 11.5 Å². The van der Waals surface area contributed by atoms with E-state index in [0.29, 0.717) is 0 Å². The van der Waals surface area contributed by atoms with Crippen molar-refractivity contribution in [3.63, 3.8) is 0 Å². The Labute approximate surface area is 107 Å². The van der Waals surface area contributed by atoms with Crippen molar-refractivity contribution >= 4 is 11.5 Å². The number of aryl methyl sites for hydroxylation is 1. The van der Waals surface area contributed by atoms with Crippen LogP contribution in [-0.2, 0) is 6.54 Å². The van der Waals surface area contributed by atoms with E-state index in [9.17, 15) is 0 Å². The largest absolute Gasteiger partial charge is 0.398 e. The zero-order valence-corrected chi connectivity index (χ0v) is 10.8. The maximum atomic E-state index is 5.93. The van der Waals surface area contributed by atoms with Crippen molar-refractivity contribution < 1.29 is 0 Å². The lowest BCUT2D eigenvalue weighted by Gasteiger charge is -2.22. The molecule has 0 aromatic carbocycles. The molecule has 0 spiro atoms. The Morgan fingerprint density at radius 1 is 1.28 bits per heavy atom. The molecule has 0 aliphatic heterocycles. The molecule has 2 rings (SSSR count). The first-order valence-electron chi connectivity index (χ1n) is 6.06. The van der Waals surface area contributed by atoms with E-state index < -0.39 is 0 Å². The van der Waals surface area contributed by atoms with Gasteiger partial charge in [0.2, 0.25) is 0 Å². The number of nitrogen functional groups attached to an aromatic ring is 1. The lowest BCUT2D eigenvalue weighted by Crippen LogP contribution is -2.23. The van der Waals surface area contributed by atoms with Gasteiger partial charge in [-0.3, -0.25) is 4.98 Å². The van der Waals surface area contributed by atoms with Gasteiger partial charge in [-0.05, 0) is 37.1 Å². The van der Waals surface area contributed by atoms with Crippen molar-refractivity contribution in [3.05, 3.63) is 47.9 Å². The molecule has 0 fully saturated rings. The Morgan fingerprint density at radius 2 is 2.00 bits per heavy atom. The first kappa shape index (κ1) is 12.4. The number of nitrogens with two attached hydrogens (primary N) is 1. The minimum Gasteiger partial charge on any atom is -0.398 e. The monoisotopic (exact) mass is 242 g/mol. The van der Waals surface area contributed by atoms with Gasteiger partial charge >= 0.3 is 0 Å². The van der Waals surface area contributed by atoms with Gasteiger partial charge in [-0.25, -0.2) is 4.98 Å². The Bertz CT molecular complexity index is 510. The lowest BCUT2D eigenvalue weighted by molar-refractivity contribution is 0.812. The fraction of sp³-hybridized carbons (Fsp3) is 0.286. The standard InChI is InChI=1S/C14H18N4/c1-3-18(10-12-4-6-16-7-5-12)14-8-13(15)11(2)9-17-14/h4-9H,3,10H2,1-2H3,(H2,15,17). The number of hydrogen-bond donors (Lipinski definition) is 1. The van der Waals surface area contributed by atoms with E-state index in [2.05, 4.69) is 21.8 Å². The Hall–Kier alpha value is -2.10. The zero-order chi connectivity index (χ0) is 13.0. The van der Waals surface area contributed by atoms with Crippen LogP contribution in [0.5, 0.6) is 0 Å². The van der Waals surface area contributed by atoms with Gasteiger partial charge in [-0.1, -0.05) is 0 Å². The second-order valence-electron chi connectivity index (χ2n) is 4.27. The van der Waals surface area contributed by atoms with E-state index in [1.165, 1.54) is 5.56 Å². The van der Waals surface area contributed by atoms with Crippen LogP contribution >= 0.6 is 0 Å². The topological polar surface area (TPSA) is 55.0 Å². The summed E-state index contributed by atoms with van der Waals surface area (Å²) in [6.45, 7) is 5.77. The molecule has 0 aliphatic rings. The van der Waals surface area contributed by atoms with Crippen LogP contribution < -0.4 is 10.6 Å². The molecule has 0 saturated heterocycles. The number of anilines is 2. The van der Waals surface area contributed by atoms with Crippen molar-refractivity contribution in [2.75, 3.05) is 17.2 Å². The highest BCUT2D eigenvalue weighted by atomic mass is 15.2. The first-order valence-corrected chi connectivity index (χ1v) is 6.06. The van der Waals surface area contributed by atoms with Gasteiger partial charge in [-0.2, -0.15) is 0 Å². The summed E-state index contributed by atoms with van der Waals surface area (Å²) in [4.78, 5) is 10.6. The molecule has 0 bridgehead atoms. The molecule has 2 aromatic heterocycles. The average Bonchev–Trinajstić information content (AvgIpc) is 2.40. The van der Waals surface area contributed by atoms with Crippen molar-refractivity contribution in [2.45, 2.75) is 20.4 Å². The van der Waals surface area contributed by atoms with Gasteiger partial charge in [-0.15, -0.1) is 0 Å². The lowest BCUT2D eigenvalue weighted by atomic mass is 10.2. The zero-order valence-electron chi connectivity index (χ0n) is 10.8. The molecule has 4 nitrogen and oxygen atoms in total. The van der Waals surface area contributed by atoms with Gasteiger partial charge in [0.05, 0.1) is 0 Å².